The Bertz CT molecular complexity index is 950. The number of anilines is 1. The van der Waals surface area contributed by atoms with Crippen LogP contribution in [0.2, 0.25) is 0 Å². The molecule has 0 bridgehead atoms. The van der Waals surface area contributed by atoms with Gasteiger partial charge in [-0.3, -0.25) is 4.79 Å². The molecule has 1 amide bonds. The van der Waals surface area contributed by atoms with E-state index >= 15 is 0 Å². The van der Waals surface area contributed by atoms with Crippen molar-refractivity contribution >= 4 is 21.6 Å². The Hall–Kier alpha value is -2.38. The summed E-state index contributed by atoms with van der Waals surface area (Å²) in [6.07, 6.45) is 3.77. The topological polar surface area (TPSA) is 69.7 Å². The zero-order valence-corrected chi connectivity index (χ0v) is 18.1. The largest absolute Gasteiger partial charge is 0.372 e. The molecule has 1 heterocycles. The minimum Gasteiger partial charge on any atom is -0.372 e. The Balaban J connectivity index is 1.69. The summed E-state index contributed by atoms with van der Waals surface area (Å²) in [6, 6.07) is 14.2. The summed E-state index contributed by atoms with van der Waals surface area (Å²) in [5.74, 6) is -0.298. The first-order valence-corrected chi connectivity index (χ1v) is 11.4. The minimum absolute atomic E-state index is 0.105. The van der Waals surface area contributed by atoms with Gasteiger partial charge in [0, 0.05) is 38.4 Å². The molecule has 1 atom stereocenters. The average molecular weight is 416 g/mol. The van der Waals surface area contributed by atoms with E-state index in [9.17, 15) is 13.2 Å². The van der Waals surface area contributed by atoms with Gasteiger partial charge in [-0.05, 0) is 62.1 Å². The minimum atomic E-state index is -3.58. The van der Waals surface area contributed by atoms with E-state index in [4.69, 9.17) is 0 Å². The van der Waals surface area contributed by atoms with Crippen LogP contribution in [-0.4, -0.2) is 45.8 Å². The number of rotatable bonds is 6. The van der Waals surface area contributed by atoms with Gasteiger partial charge >= 0.3 is 0 Å². The molecule has 7 heteroatoms. The predicted molar refractivity (Wildman–Crippen MR) is 116 cm³/mol. The smallest absolute Gasteiger partial charge is 0.251 e. The fraction of sp³-hybridized carbons (Fsp3) is 0.409. The van der Waals surface area contributed by atoms with Gasteiger partial charge in [0.1, 0.15) is 0 Å². The molecule has 0 spiro atoms. The number of piperidine rings is 1. The molecule has 29 heavy (non-hydrogen) atoms. The predicted octanol–water partition coefficient (Wildman–Crippen LogP) is 3.42. The molecule has 1 saturated heterocycles. The average Bonchev–Trinajstić information content (AvgIpc) is 2.74. The molecule has 3 rings (SSSR count). The van der Waals surface area contributed by atoms with Gasteiger partial charge in [-0.1, -0.05) is 18.2 Å². The molecule has 0 saturated carbocycles. The zero-order chi connectivity index (χ0) is 21.0. The summed E-state index contributed by atoms with van der Waals surface area (Å²) in [7, 11) is -0.641. The summed E-state index contributed by atoms with van der Waals surface area (Å²) in [5.41, 5.74) is 2.55. The van der Waals surface area contributed by atoms with Gasteiger partial charge < -0.3 is 10.2 Å². The highest BCUT2D eigenvalue weighted by Crippen LogP contribution is 2.23. The van der Waals surface area contributed by atoms with Crippen molar-refractivity contribution in [3.05, 3.63) is 59.7 Å². The second kappa shape index (κ2) is 8.97. The molecule has 2 aromatic rings. The first-order chi connectivity index (χ1) is 13.8. The Morgan fingerprint density at radius 2 is 1.69 bits per heavy atom. The number of hydrogen-bond acceptors (Lipinski definition) is 4. The molecule has 0 unspecified atom stereocenters. The second-order valence-corrected chi connectivity index (χ2v) is 9.80. The molecule has 0 aromatic heterocycles. The van der Waals surface area contributed by atoms with Crippen molar-refractivity contribution in [1.82, 2.24) is 9.62 Å². The highest BCUT2D eigenvalue weighted by molar-refractivity contribution is 7.89. The fourth-order valence-electron chi connectivity index (χ4n) is 3.50. The van der Waals surface area contributed by atoms with Gasteiger partial charge in [-0.2, -0.15) is 0 Å². The van der Waals surface area contributed by atoms with E-state index in [0.29, 0.717) is 5.56 Å². The lowest BCUT2D eigenvalue weighted by atomic mass is 10.1. The molecule has 2 aromatic carbocycles. The van der Waals surface area contributed by atoms with E-state index in [1.54, 1.807) is 12.1 Å². The third-order valence-corrected chi connectivity index (χ3v) is 7.15. The number of carbonyl (C=O) groups excluding carboxylic acids is 1. The first-order valence-electron chi connectivity index (χ1n) is 9.97. The molecular weight excluding hydrogens is 386 g/mol. The van der Waals surface area contributed by atoms with Gasteiger partial charge in [0.25, 0.3) is 5.91 Å². The van der Waals surface area contributed by atoms with Crippen LogP contribution in [0.1, 0.15) is 48.1 Å². The van der Waals surface area contributed by atoms with Crippen LogP contribution < -0.4 is 10.2 Å². The number of carbonyl (C=O) groups is 1. The van der Waals surface area contributed by atoms with E-state index in [2.05, 4.69) is 22.3 Å². The molecule has 0 radical (unpaired) electrons. The normalized spacial score (nSPS) is 15.9. The van der Waals surface area contributed by atoms with Crippen LogP contribution in [-0.2, 0) is 10.0 Å². The molecule has 1 aliphatic heterocycles. The Morgan fingerprint density at radius 3 is 2.31 bits per heavy atom. The molecule has 6 nitrogen and oxygen atoms in total. The van der Waals surface area contributed by atoms with Crippen molar-refractivity contribution < 1.29 is 13.2 Å². The van der Waals surface area contributed by atoms with Gasteiger partial charge in [0.2, 0.25) is 10.0 Å². The van der Waals surface area contributed by atoms with Gasteiger partial charge in [0.15, 0.2) is 0 Å². The molecule has 1 N–H and O–H groups in total. The van der Waals surface area contributed by atoms with Crippen molar-refractivity contribution in [3.8, 4) is 0 Å². The third-order valence-electron chi connectivity index (χ3n) is 5.34. The van der Waals surface area contributed by atoms with Crippen LogP contribution in [0.15, 0.2) is 53.4 Å². The van der Waals surface area contributed by atoms with Crippen LogP contribution in [0.25, 0.3) is 0 Å². The van der Waals surface area contributed by atoms with Crippen molar-refractivity contribution in [1.29, 1.82) is 0 Å². The zero-order valence-electron chi connectivity index (χ0n) is 17.3. The van der Waals surface area contributed by atoms with Crippen LogP contribution in [0.3, 0.4) is 0 Å². The summed E-state index contributed by atoms with van der Waals surface area (Å²) in [4.78, 5) is 15.2. The van der Waals surface area contributed by atoms with Crippen molar-refractivity contribution in [2.75, 3.05) is 32.1 Å². The Morgan fingerprint density at radius 1 is 1.03 bits per heavy atom. The molecule has 0 aliphatic carbocycles. The SMILES string of the molecule is C[C@@H](NC(=O)c1cccc(S(=O)(=O)N(C)C)c1)c1ccc(N2CCCCC2)cc1. The number of amides is 1. The van der Waals surface area contributed by atoms with E-state index in [-0.39, 0.29) is 16.8 Å². The van der Waals surface area contributed by atoms with E-state index in [1.165, 1.54) is 51.2 Å². The van der Waals surface area contributed by atoms with Gasteiger partial charge in [0.05, 0.1) is 10.9 Å². The van der Waals surface area contributed by atoms with Gasteiger partial charge in [-0.15, -0.1) is 0 Å². The van der Waals surface area contributed by atoms with Crippen LogP contribution in [0.4, 0.5) is 5.69 Å². The van der Waals surface area contributed by atoms with Crippen molar-refractivity contribution in [2.45, 2.75) is 37.1 Å². The lowest BCUT2D eigenvalue weighted by Crippen LogP contribution is -2.29. The Labute approximate surface area is 173 Å². The highest BCUT2D eigenvalue weighted by atomic mass is 32.2. The standard InChI is InChI=1S/C22H29N3O3S/c1-17(18-10-12-20(13-11-18)25-14-5-4-6-15-25)23-22(26)19-8-7-9-21(16-19)29(27,28)24(2)3/h7-13,16-17H,4-6,14-15H2,1-3H3,(H,23,26)/t17-/m1/s1. The van der Waals surface area contributed by atoms with Gasteiger partial charge in [-0.25, -0.2) is 12.7 Å². The van der Waals surface area contributed by atoms with Crippen molar-refractivity contribution in [2.24, 2.45) is 0 Å². The maximum Gasteiger partial charge on any atom is 0.251 e. The fourth-order valence-corrected chi connectivity index (χ4v) is 4.45. The molecule has 1 fully saturated rings. The quantitative estimate of drug-likeness (QED) is 0.785. The molecule has 1 aliphatic rings. The number of nitrogens with one attached hydrogen (secondary N) is 1. The summed E-state index contributed by atoms with van der Waals surface area (Å²) in [5, 5.41) is 2.96. The summed E-state index contributed by atoms with van der Waals surface area (Å²) in [6.45, 7) is 4.11. The number of nitrogens with zero attached hydrogens (tertiary/aromatic N) is 2. The molecular formula is C22H29N3O3S. The van der Waals surface area contributed by atoms with E-state index < -0.39 is 10.0 Å². The maximum absolute atomic E-state index is 12.7. The number of benzene rings is 2. The van der Waals surface area contributed by atoms with Crippen LogP contribution >= 0.6 is 0 Å². The lowest BCUT2D eigenvalue weighted by molar-refractivity contribution is 0.0939. The lowest BCUT2D eigenvalue weighted by Gasteiger charge is -2.29. The Kier molecular flexibility index (Phi) is 6.59. The van der Waals surface area contributed by atoms with Crippen LogP contribution in [0, 0.1) is 0 Å². The van der Waals surface area contributed by atoms with Crippen LogP contribution in [0.5, 0.6) is 0 Å². The number of sulfonamides is 1. The summed E-state index contributed by atoms with van der Waals surface area (Å²) >= 11 is 0. The first kappa shape index (κ1) is 21.3. The second-order valence-electron chi connectivity index (χ2n) is 7.65. The highest BCUT2D eigenvalue weighted by Gasteiger charge is 2.19. The van der Waals surface area contributed by atoms with E-state index in [1.807, 2.05) is 19.1 Å². The number of hydrogen-bond donors (Lipinski definition) is 1. The third kappa shape index (κ3) is 4.97. The molecule has 156 valence electrons. The van der Waals surface area contributed by atoms with Crippen molar-refractivity contribution in [3.63, 3.8) is 0 Å². The summed E-state index contributed by atoms with van der Waals surface area (Å²) < 4.78 is 25.7. The monoisotopic (exact) mass is 415 g/mol. The maximum atomic E-state index is 12.7. The van der Waals surface area contributed by atoms with E-state index in [0.717, 1.165) is 23.0 Å².